The second-order valence-corrected chi connectivity index (χ2v) is 12.6. The van der Waals surface area contributed by atoms with Crippen LogP contribution in [0, 0.1) is 28.4 Å². The smallest absolute Gasteiger partial charge is 0.241 e. The maximum absolute atomic E-state index is 16.0. The molecule has 2 aromatic rings. The Morgan fingerprint density at radius 1 is 1.26 bits per heavy atom. The Hall–Kier alpha value is -2.28. The van der Waals surface area contributed by atoms with Gasteiger partial charge in [0.25, 0.3) is 0 Å². The van der Waals surface area contributed by atoms with Gasteiger partial charge in [-0.1, -0.05) is 62.2 Å². The van der Waals surface area contributed by atoms with Crippen LogP contribution in [-0.2, 0) is 10.2 Å². The van der Waals surface area contributed by atoms with Crippen LogP contribution in [0.25, 0.3) is 0 Å². The van der Waals surface area contributed by atoms with Crippen LogP contribution in [0.4, 0.5) is 8.78 Å². The number of benzene rings is 2. The highest BCUT2D eigenvalue weighted by Gasteiger charge is 2.72. The molecule has 2 heterocycles. The average molecular weight is 581 g/mol. The number of hydrogen-bond acceptors (Lipinski definition) is 5. The number of nitrogens with zero attached hydrogens (tertiary/aromatic N) is 2. The Bertz CT molecular complexity index is 1300. The van der Waals surface area contributed by atoms with E-state index in [9.17, 15) is 20.3 Å². The molecule has 39 heavy (non-hydrogen) atoms. The van der Waals surface area contributed by atoms with Crippen LogP contribution >= 0.6 is 23.2 Å². The lowest BCUT2D eigenvalue weighted by Gasteiger charge is -2.46. The first-order valence-corrected chi connectivity index (χ1v) is 13.7. The molecule has 0 spiro atoms. The number of piperazine rings is 1. The number of amides is 1. The number of hydrogen-bond donors (Lipinski definition) is 3. The summed E-state index contributed by atoms with van der Waals surface area (Å²) in [5.41, 5.74) is -3.66. The number of aliphatic hydroxyl groups excluding tert-OH is 2. The molecule has 2 aromatic carbocycles. The highest BCUT2D eigenvalue weighted by atomic mass is 35.5. The summed E-state index contributed by atoms with van der Waals surface area (Å²) >= 11 is 12.3. The van der Waals surface area contributed by atoms with Gasteiger partial charge in [0, 0.05) is 35.6 Å². The molecule has 5 atom stereocenters. The van der Waals surface area contributed by atoms with Gasteiger partial charge in [-0.25, -0.2) is 8.78 Å². The molecular formula is C29H33Cl2F2N3O3. The molecule has 2 aliphatic heterocycles. The Morgan fingerprint density at radius 2 is 1.97 bits per heavy atom. The molecule has 0 unspecified atom stereocenters. The zero-order valence-corrected chi connectivity index (χ0v) is 23.7. The molecule has 0 saturated carbocycles. The van der Waals surface area contributed by atoms with Crippen LogP contribution in [-0.4, -0.2) is 58.4 Å². The largest absolute Gasteiger partial charge is 0.394 e. The van der Waals surface area contributed by atoms with Crippen LogP contribution in [0.5, 0.6) is 0 Å². The Balaban J connectivity index is 2.15. The van der Waals surface area contributed by atoms with E-state index in [0.29, 0.717) is 13.0 Å². The molecule has 1 amide bonds. The minimum atomic E-state index is -1.75. The van der Waals surface area contributed by atoms with E-state index in [1.807, 2.05) is 25.7 Å². The summed E-state index contributed by atoms with van der Waals surface area (Å²) in [6.45, 7) is 6.03. The van der Waals surface area contributed by atoms with Crippen molar-refractivity contribution in [1.82, 2.24) is 10.2 Å². The number of nitriles is 1. The number of fused-ring (bicyclic) bond motifs is 1. The van der Waals surface area contributed by atoms with E-state index >= 15 is 8.78 Å². The summed E-state index contributed by atoms with van der Waals surface area (Å²) in [6, 6.07) is 10.1. The van der Waals surface area contributed by atoms with Gasteiger partial charge in [-0.05, 0) is 48.4 Å². The van der Waals surface area contributed by atoms with Crippen LogP contribution in [0.3, 0.4) is 0 Å². The van der Waals surface area contributed by atoms with Crippen molar-refractivity contribution in [3.63, 3.8) is 0 Å². The maximum Gasteiger partial charge on any atom is 0.241 e. The number of nitrogens with one attached hydrogen (secondary N) is 1. The van der Waals surface area contributed by atoms with Crippen molar-refractivity contribution >= 4 is 29.1 Å². The summed E-state index contributed by atoms with van der Waals surface area (Å²) in [4.78, 5) is 16.0. The first-order chi connectivity index (χ1) is 18.3. The van der Waals surface area contributed by atoms with Gasteiger partial charge in [0.2, 0.25) is 5.91 Å². The van der Waals surface area contributed by atoms with Crippen molar-refractivity contribution < 1.29 is 23.8 Å². The lowest BCUT2D eigenvalue weighted by molar-refractivity contribution is -0.138. The number of carbonyl (C=O) groups is 1. The van der Waals surface area contributed by atoms with Crippen molar-refractivity contribution in [2.45, 2.75) is 69.1 Å². The first kappa shape index (κ1) is 29.7. The second-order valence-electron chi connectivity index (χ2n) is 11.7. The third kappa shape index (κ3) is 4.93. The molecule has 4 rings (SSSR count). The van der Waals surface area contributed by atoms with E-state index in [0.717, 1.165) is 6.07 Å². The lowest BCUT2D eigenvalue weighted by atomic mass is 9.59. The molecule has 0 bridgehead atoms. The van der Waals surface area contributed by atoms with E-state index in [1.54, 1.807) is 6.07 Å². The third-order valence-electron chi connectivity index (χ3n) is 8.11. The van der Waals surface area contributed by atoms with Gasteiger partial charge in [0.05, 0.1) is 23.8 Å². The van der Waals surface area contributed by atoms with Gasteiger partial charge >= 0.3 is 0 Å². The lowest BCUT2D eigenvalue weighted by Crippen LogP contribution is -2.65. The summed E-state index contributed by atoms with van der Waals surface area (Å²) in [5.74, 6) is -3.20. The van der Waals surface area contributed by atoms with Crippen molar-refractivity contribution in [2.75, 3.05) is 19.7 Å². The fourth-order valence-electron chi connectivity index (χ4n) is 6.65. The van der Waals surface area contributed by atoms with Crippen LogP contribution in [0.1, 0.15) is 57.1 Å². The Kier molecular flexibility index (Phi) is 8.33. The maximum atomic E-state index is 16.0. The normalized spacial score (nSPS) is 28.1. The molecule has 0 aromatic heterocycles. The van der Waals surface area contributed by atoms with Crippen LogP contribution in [0.2, 0.25) is 10.0 Å². The van der Waals surface area contributed by atoms with Crippen molar-refractivity contribution in [3.05, 3.63) is 69.2 Å². The fraction of sp³-hybridized carbons (Fsp3) is 0.517. The molecule has 10 heteroatoms. The molecule has 0 radical (unpaired) electrons. The zero-order chi connectivity index (χ0) is 28.8. The summed E-state index contributed by atoms with van der Waals surface area (Å²) in [5, 5.41) is 33.9. The van der Waals surface area contributed by atoms with Crippen molar-refractivity contribution in [3.8, 4) is 6.07 Å². The Morgan fingerprint density at radius 3 is 2.59 bits per heavy atom. The van der Waals surface area contributed by atoms with Crippen LogP contribution < -0.4 is 5.32 Å². The van der Waals surface area contributed by atoms with Gasteiger partial charge in [-0.15, -0.1) is 0 Å². The average Bonchev–Trinajstić information content (AvgIpc) is 3.10. The van der Waals surface area contributed by atoms with Crippen molar-refractivity contribution in [1.29, 1.82) is 5.26 Å². The molecular weight excluding hydrogens is 547 g/mol. The van der Waals surface area contributed by atoms with Gasteiger partial charge < -0.3 is 15.5 Å². The molecule has 2 aliphatic rings. The molecule has 2 fully saturated rings. The highest BCUT2D eigenvalue weighted by Crippen LogP contribution is 2.62. The van der Waals surface area contributed by atoms with Gasteiger partial charge in [0.15, 0.2) is 0 Å². The molecule has 0 aliphatic carbocycles. The monoisotopic (exact) mass is 579 g/mol. The summed E-state index contributed by atoms with van der Waals surface area (Å²) < 4.78 is 31.9. The molecule has 210 valence electrons. The topological polar surface area (TPSA) is 96.6 Å². The third-order valence-corrected chi connectivity index (χ3v) is 8.64. The first-order valence-electron chi connectivity index (χ1n) is 13.0. The van der Waals surface area contributed by atoms with Gasteiger partial charge in [-0.3, -0.25) is 9.69 Å². The van der Waals surface area contributed by atoms with E-state index in [4.69, 9.17) is 23.2 Å². The SMILES string of the molecule is CC(C)(C)C[C@@H]1N2CCNC(=O)[C@@]2(CC[C@H](O)CO)[C@H](c2cccc(Cl)c2F)[C@@]1(C#N)c1ccc(Cl)cc1F. The van der Waals surface area contributed by atoms with Crippen LogP contribution in [0.15, 0.2) is 36.4 Å². The number of carbonyl (C=O) groups excluding carboxylic acids is 1. The number of halogens is 4. The minimum Gasteiger partial charge on any atom is -0.394 e. The summed E-state index contributed by atoms with van der Waals surface area (Å²) in [7, 11) is 0. The molecule has 3 N–H and O–H groups in total. The zero-order valence-electron chi connectivity index (χ0n) is 22.1. The van der Waals surface area contributed by atoms with Gasteiger partial charge in [0.1, 0.15) is 22.6 Å². The van der Waals surface area contributed by atoms with Crippen molar-refractivity contribution in [2.24, 2.45) is 5.41 Å². The minimum absolute atomic E-state index is 0.00798. The predicted octanol–water partition coefficient (Wildman–Crippen LogP) is 4.94. The van der Waals surface area contributed by atoms with E-state index in [2.05, 4.69) is 11.4 Å². The number of aliphatic hydroxyl groups is 2. The quantitative estimate of drug-likeness (QED) is 0.432. The molecule has 6 nitrogen and oxygen atoms in total. The fourth-order valence-corrected chi connectivity index (χ4v) is 7.00. The molecule has 2 saturated heterocycles. The Labute approximate surface area is 237 Å². The number of rotatable bonds is 7. The van der Waals surface area contributed by atoms with E-state index < -0.39 is 53.2 Å². The second kappa shape index (κ2) is 10.9. The summed E-state index contributed by atoms with van der Waals surface area (Å²) in [6.07, 6.45) is -0.798. The van der Waals surface area contributed by atoms with E-state index in [1.165, 1.54) is 24.3 Å². The van der Waals surface area contributed by atoms with Gasteiger partial charge in [-0.2, -0.15) is 5.26 Å². The standard InChI is InChI=1S/C29H33Cl2F2N3O3/c1-27(2,3)14-23-28(16-34,20-8-7-17(30)13-22(20)32)25(19-5-4-6-21(31)24(19)33)29(10-9-18(38)15-37)26(39)35-11-12-36(23)29/h4-8,13,18,23,25,37-38H,9-12,14-15H2,1-3H3,(H,35,39)/t18-,23-,25+,28-,29+/m0/s1. The highest BCUT2D eigenvalue weighted by molar-refractivity contribution is 6.31. The van der Waals surface area contributed by atoms with E-state index in [-0.39, 0.29) is 46.0 Å². The predicted molar refractivity (Wildman–Crippen MR) is 145 cm³/mol.